The van der Waals surface area contributed by atoms with Gasteiger partial charge in [-0.25, -0.2) is 0 Å². The number of alkyl halides is 2. The monoisotopic (exact) mass is 522 g/mol. The largest absolute Gasteiger partial charge is 0.435 e. The minimum atomic E-state index is -2.90. The van der Waals surface area contributed by atoms with E-state index in [1.54, 1.807) is 0 Å². The fraction of sp³-hybridized carbons (Fsp3) is 0.250. The van der Waals surface area contributed by atoms with Gasteiger partial charge in [-0.15, -0.1) is 10.2 Å². The van der Waals surface area contributed by atoms with E-state index in [9.17, 15) is 13.6 Å². The molecule has 4 aromatic rings. The highest BCUT2D eigenvalue weighted by Gasteiger charge is 2.18. The van der Waals surface area contributed by atoms with Gasteiger partial charge >= 0.3 is 6.61 Å². The number of thioether (sulfide) groups is 1. The van der Waals surface area contributed by atoms with Crippen molar-refractivity contribution in [2.24, 2.45) is 0 Å². The Bertz CT molecular complexity index is 1320. The van der Waals surface area contributed by atoms with E-state index in [2.05, 4.69) is 65.3 Å². The minimum absolute atomic E-state index is 0.0273. The molecule has 0 spiro atoms. The van der Waals surface area contributed by atoms with Crippen LogP contribution in [-0.2, 0) is 16.8 Å². The number of carbonyl (C=O) groups excluding carboxylic acids is 1. The van der Waals surface area contributed by atoms with E-state index in [1.165, 1.54) is 41.6 Å². The maximum absolute atomic E-state index is 12.6. The summed E-state index contributed by atoms with van der Waals surface area (Å²) in [6.07, 6.45) is 0. The van der Waals surface area contributed by atoms with Gasteiger partial charge in [0, 0.05) is 11.3 Å². The fourth-order valence-corrected chi connectivity index (χ4v) is 4.42. The number of nitrogens with one attached hydrogen (secondary N) is 1. The Morgan fingerprint density at radius 1 is 0.973 bits per heavy atom. The molecular formula is C28H28F2N4O2S. The van der Waals surface area contributed by atoms with Crippen LogP contribution in [0, 0.1) is 0 Å². The fourth-order valence-electron chi connectivity index (χ4n) is 3.68. The van der Waals surface area contributed by atoms with Crippen LogP contribution in [-0.4, -0.2) is 33.0 Å². The first kappa shape index (κ1) is 26.3. The van der Waals surface area contributed by atoms with Crippen molar-refractivity contribution in [1.82, 2.24) is 14.8 Å². The number of halogens is 2. The molecule has 0 aliphatic heterocycles. The topological polar surface area (TPSA) is 69.0 Å². The van der Waals surface area contributed by atoms with Crippen molar-refractivity contribution in [3.8, 4) is 17.1 Å². The van der Waals surface area contributed by atoms with Gasteiger partial charge in [0.05, 0.1) is 12.3 Å². The van der Waals surface area contributed by atoms with Gasteiger partial charge in [0.15, 0.2) is 11.0 Å². The van der Waals surface area contributed by atoms with Crippen molar-refractivity contribution in [3.05, 3.63) is 90.0 Å². The summed E-state index contributed by atoms with van der Waals surface area (Å²) in [5.74, 6) is 0.602. The zero-order valence-electron chi connectivity index (χ0n) is 20.8. The lowest BCUT2D eigenvalue weighted by Gasteiger charge is -2.19. The maximum Gasteiger partial charge on any atom is 0.387 e. The molecule has 0 atom stereocenters. The molecular weight excluding hydrogens is 494 g/mol. The van der Waals surface area contributed by atoms with Crippen molar-refractivity contribution in [2.75, 3.05) is 11.1 Å². The molecule has 0 unspecified atom stereocenters. The van der Waals surface area contributed by atoms with Gasteiger partial charge in [-0.1, -0.05) is 87.1 Å². The predicted molar refractivity (Wildman–Crippen MR) is 142 cm³/mol. The molecule has 6 nitrogen and oxygen atoms in total. The van der Waals surface area contributed by atoms with E-state index in [0.717, 1.165) is 17.0 Å². The lowest BCUT2D eigenvalue weighted by molar-refractivity contribution is -0.113. The number of nitrogens with zero attached hydrogens (tertiary/aromatic N) is 3. The lowest BCUT2D eigenvalue weighted by atomic mass is 9.87. The summed E-state index contributed by atoms with van der Waals surface area (Å²) in [6.45, 7) is 4.17. The highest BCUT2D eigenvalue weighted by atomic mass is 32.2. The second-order valence-corrected chi connectivity index (χ2v) is 10.4. The van der Waals surface area contributed by atoms with Crippen molar-refractivity contribution in [2.45, 2.75) is 44.5 Å². The van der Waals surface area contributed by atoms with Crippen LogP contribution in [0.2, 0.25) is 0 Å². The standard InChI is InChI=1S/C28H28F2N4O2S/c1-28(2,3)21-11-9-20(10-12-21)25-32-33-27(34(25)17-19-7-5-4-6-8-19)37-18-24(35)31-22-13-15-23(16-14-22)36-26(29)30/h4-16,26H,17-18H2,1-3H3,(H,31,35). The second kappa shape index (κ2) is 11.6. The first-order chi connectivity index (χ1) is 17.7. The molecule has 4 rings (SSSR count). The first-order valence-electron chi connectivity index (χ1n) is 11.7. The Hall–Kier alpha value is -3.72. The van der Waals surface area contributed by atoms with Gasteiger partial charge in [-0.3, -0.25) is 9.36 Å². The Labute approximate surface area is 219 Å². The summed E-state index contributed by atoms with van der Waals surface area (Å²) in [6, 6.07) is 24.1. The molecule has 1 N–H and O–H groups in total. The summed E-state index contributed by atoms with van der Waals surface area (Å²) < 4.78 is 31.0. The minimum Gasteiger partial charge on any atom is -0.435 e. The average Bonchev–Trinajstić information content (AvgIpc) is 3.26. The van der Waals surface area contributed by atoms with Crippen molar-refractivity contribution < 1.29 is 18.3 Å². The van der Waals surface area contributed by atoms with Gasteiger partial charge in [0.1, 0.15) is 5.75 Å². The number of aromatic nitrogens is 3. The number of amides is 1. The van der Waals surface area contributed by atoms with Crippen molar-refractivity contribution >= 4 is 23.4 Å². The quantitative estimate of drug-likeness (QED) is 0.250. The van der Waals surface area contributed by atoms with E-state index in [0.29, 0.717) is 17.4 Å². The molecule has 0 aliphatic carbocycles. The average molecular weight is 523 g/mol. The third-order valence-corrected chi connectivity index (χ3v) is 6.57. The summed E-state index contributed by atoms with van der Waals surface area (Å²) in [5, 5.41) is 12.2. The number of anilines is 1. The van der Waals surface area contributed by atoms with E-state index in [1.807, 2.05) is 34.9 Å². The Morgan fingerprint density at radius 2 is 1.65 bits per heavy atom. The SMILES string of the molecule is CC(C)(C)c1ccc(-c2nnc(SCC(=O)Nc3ccc(OC(F)F)cc3)n2Cc2ccccc2)cc1. The summed E-state index contributed by atoms with van der Waals surface area (Å²) >= 11 is 1.28. The molecule has 1 aromatic heterocycles. The Kier molecular flexibility index (Phi) is 8.23. The van der Waals surface area contributed by atoms with E-state index in [4.69, 9.17) is 0 Å². The van der Waals surface area contributed by atoms with Gasteiger partial charge < -0.3 is 10.1 Å². The number of carbonyl (C=O) groups is 1. The molecule has 0 aliphatic rings. The van der Waals surface area contributed by atoms with Crippen molar-refractivity contribution in [3.63, 3.8) is 0 Å². The highest BCUT2D eigenvalue weighted by Crippen LogP contribution is 2.28. The van der Waals surface area contributed by atoms with Crippen molar-refractivity contribution in [1.29, 1.82) is 0 Å². The van der Waals surface area contributed by atoms with E-state index < -0.39 is 6.61 Å². The third-order valence-electron chi connectivity index (χ3n) is 5.61. The van der Waals surface area contributed by atoms with Crippen LogP contribution in [0.5, 0.6) is 5.75 Å². The Morgan fingerprint density at radius 3 is 2.27 bits per heavy atom. The summed E-state index contributed by atoms with van der Waals surface area (Å²) in [4.78, 5) is 12.6. The first-order valence-corrected chi connectivity index (χ1v) is 12.7. The van der Waals surface area contributed by atoms with Crippen LogP contribution in [0.3, 0.4) is 0 Å². The summed E-state index contributed by atoms with van der Waals surface area (Å²) in [7, 11) is 0. The molecule has 0 bridgehead atoms. The molecule has 1 heterocycles. The van der Waals surface area contributed by atoms with Gasteiger partial charge in [-0.2, -0.15) is 8.78 Å². The Balaban J connectivity index is 1.50. The van der Waals surface area contributed by atoms with Crippen LogP contribution < -0.4 is 10.1 Å². The number of ether oxygens (including phenoxy) is 1. The van der Waals surface area contributed by atoms with Gasteiger partial charge in [0.25, 0.3) is 0 Å². The molecule has 0 saturated heterocycles. The number of hydrogen-bond acceptors (Lipinski definition) is 5. The number of rotatable bonds is 9. The van der Waals surface area contributed by atoms with E-state index >= 15 is 0 Å². The van der Waals surface area contributed by atoms with Gasteiger partial charge in [0.2, 0.25) is 5.91 Å². The molecule has 0 saturated carbocycles. The van der Waals surface area contributed by atoms with Crippen LogP contribution >= 0.6 is 11.8 Å². The molecule has 3 aromatic carbocycles. The number of hydrogen-bond donors (Lipinski definition) is 1. The molecule has 0 radical (unpaired) electrons. The zero-order chi connectivity index (χ0) is 26.4. The van der Waals surface area contributed by atoms with E-state index in [-0.39, 0.29) is 22.8 Å². The van der Waals surface area contributed by atoms with Gasteiger partial charge in [-0.05, 0) is 40.8 Å². The molecule has 1 amide bonds. The lowest BCUT2D eigenvalue weighted by Crippen LogP contribution is -2.15. The second-order valence-electron chi connectivity index (χ2n) is 9.45. The predicted octanol–water partition coefficient (Wildman–Crippen LogP) is 6.62. The smallest absolute Gasteiger partial charge is 0.387 e. The normalized spacial score (nSPS) is 11.5. The maximum atomic E-state index is 12.6. The van der Waals surface area contributed by atoms with Crippen LogP contribution in [0.25, 0.3) is 11.4 Å². The molecule has 9 heteroatoms. The van der Waals surface area contributed by atoms with Crippen LogP contribution in [0.1, 0.15) is 31.9 Å². The number of benzene rings is 3. The highest BCUT2D eigenvalue weighted by molar-refractivity contribution is 7.99. The molecule has 192 valence electrons. The zero-order valence-corrected chi connectivity index (χ0v) is 21.6. The summed E-state index contributed by atoms with van der Waals surface area (Å²) in [5.41, 5.74) is 3.79. The molecule has 0 fully saturated rings. The molecule has 37 heavy (non-hydrogen) atoms. The van der Waals surface area contributed by atoms with Crippen LogP contribution in [0.15, 0.2) is 84.0 Å². The third kappa shape index (κ3) is 7.16. The van der Waals surface area contributed by atoms with Crippen LogP contribution in [0.4, 0.5) is 14.5 Å².